The Kier molecular flexibility index (Phi) is 4.55. The van der Waals surface area contributed by atoms with Gasteiger partial charge in [0.25, 0.3) is 0 Å². The highest BCUT2D eigenvalue weighted by Crippen LogP contribution is 2.28. The number of hydrogen-bond acceptors (Lipinski definition) is 2. The molecule has 0 aliphatic rings. The molecule has 2 aromatic rings. The van der Waals surface area contributed by atoms with Crippen LogP contribution in [-0.4, -0.2) is 11.1 Å². The molecule has 0 saturated heterocycles. The molecule has 2 rings (SSSR count). The number of thiophene rings is 1. The van der Waals surface area contributed by atoms with Gasteiger partial charge in [0.1, 0.15) is 0 Å². The molecule has 1 aromatic carbocycles. The van der Waals surface area contributed by atoms with Crippen LogP contribution in [0.2, 0.25) is 0 Å². The van der Waals surface area contributed by atoms with E-state index in [2.05, 4.69) is 22.0 Å². The maximum Gasteiger partial charge on any atom is 0.303 e. The van der Waals surface area contributed by atoms with Crippen LogP contribution in [-0.2, 0) is 11.2 Å². The fraction of sp³-hybridized carbons (Fsp3) is 0.214. The maximum atomic E-state index is 11.0. The van der Waals surface area contributed by atoms with Crippen molar-refractivity contribution in [3.63, 3.8) is 0 Å². The first-order valence-electron chi connectivity index (χ1n) is 5.65. The molecule has 0 aliphatic carbocycles. The Morgan fingerprint density at radius 3 is 2.78 bits per heavy atom. The monoisotopic (exact) mass is 324 g/mol. The van der Waals surface area contributed by atoms with Crippen LogP contribution in [0.4, 0.5) is 0 Å². The second-order valence-electron chi connectivity index (χ2n) is 4.13. The molecule has 0 bridgehead atoms. The maximum absolute atomic E-state index is 11.0. The molecule has 1 unspecified atom stereocenters. The Labute approximate surface area is 118 Å². The van der Waals surface area contributed by atoms with Gasteiger partial charge in [0, 0.05) is 9.35 Å². The van der Waals surface area contributed by atoms with Gasteiger partial charge in [-0.15, -0.1) is 11.3 Å². The standard InChI is InChI=1S/C14H13BrO2S/c15-12-4-1-3-10(7-12)11(9-14(16)17)8-13-5-2-6-18-13/h1-7,11H,8-9H2,(H,16,17). The highest BCUT2D eigenvalue weighted by Gasteiger charge is 2.17. The zero-order chi connectivity index (χ0) is 13.0. The summed E-state index contributed by atoms with van der Waals surface area (Å²) in [7, 11) is 0. The lowest BCUT2D eigenvalue weighted by Crippen LogP contribution is -2.08. The van der Waals surface area contributed by atoms with Crippen molar-refractivity contribution in [2.24, 2.45) is 0 Å². The minimum Gasteiger partial charge on any atom is -0.481 e. The summed E-state index contributed by atoms with van der Waals surface area (Å²) in [6.07, 6.45) is 0.939. The summed E-state index contributed by atoms with van der Waals surface area (Å²) in [4.78, 5) is 12.2. The number of carboxylic acids is 1. The van der Waals surface area contributed by atoms with Crippen molar-refractivity contribution in [3.05, 3.63) is 56.7 Å². The third kappa shape index (κ3) is 3.68. The molecule has 0 aliphatic heterocycles. The van der Waals surface area contributed by atoms with E-state index >= 15 is 0 Å². The normalized spacial score (nSPS) is 12.3. The molecule has 4 heteroatoms. The Morgan fingerprint density at radius 1 is 1.33 bits per heavy atom. The lowest BCUT2D eigenvalue weighted by atomic mass is 9.92. The predicted molar refractivity (Wildman–Crippen MR) is 77.2 cm³/mol. The molecule has 0 saturated carbocycles. The summed E-state index contributed by atoms with van der Waals surface area (Å²) in [6.45, 7) is 0. The number of carboxylic acid groups (broad SMARTS) is 1. The summed E-state index contributed by atoms with van der Waals surface area (Å²) < 4.78 is 0.988. The Hall–Kier alpha value is -1.13. The van der Waals surface area contributed by atoms with Crippen molar-refractivity contribution >= 4 is 33.2 Å². The quantitative estimate of drug-likeness (QED) is 0.889. The molecular weight excluding hydrogens is 312 g/mol. The highest BCUT2D eigenvalue weighted by atomic mass is 79.9. The van der Waals surface area contributed by atoms with E-state index in [1.807, 2.05) is 35.7 Å². The number of aliphatic carboxylic acids is 1. The molecule has 1 heterocycles. The average Bonchev–Trinajstić information content (AvgIpc) is 2.80. The molecule has 94 valence electrons. The fourth-order valence-corrected chi connectivity index (χ4v) is 3.15. The first-order chi connectivity index (χ1) is 8.65. The number of carbonyl (C=O) groups is 1. The van der Waals surface area contributed by atoms with E-state index in [-0.39, 0.29) is 12.3 Å². The van der Waals surface area contributed by atoms with Crippen molar-refractivity contribution in [1.29, 1.82) is 0 Å². The van der Waals surface area contributed by atoms with Gasteiger partial charge in [-0.2, -0.15) is 0 Å². The third-order valence-electron chi connectivity index (χ3n) is 2.77. The van der Waals surface area contributed by atoms with Crippen LogP contribution < -0.4 is 0 Å². The van der Waals surface area contributed by atoms with Gasteiger partial charge in [-0.1, -0.05) is 34.1 Å². The molecule has 0 spiro atoms. The Morgan fingerprint density at radius 2 is 2.17 bits per heavy atom. The second-order valence-corrected chi connectivity index (χ2v) is 6.08. The van der Waals surface area contributed by atoms with Crippen molar-refractivity contribution in [1.82, 2.24) is 0 Å². The van der Waals surface area contributed by atoms with Crippen LogP contribution in [0.25, 0.3) is 0 Å². The van der Waals surface area contributed by atoms with E-state index in [0.29, 0.717) is 0 Å². The number of hydrogen-bond donors (Lipinski definition) is 1. The minimum atomic E-state index is -0.753. The van der Waals surface area contributed by atoms with Gasteiger partial charge in [-0.25, -0.2) is 0 Å². The summed E-state index contributed by atoms with van der Waals surface area (Å²) in [5, 5.41) is 11.1. The van der Waals surface area contributed by atoms with Crippen molar-refractivity contribution < 1.29 is 9.90 Å². The van der Waals surface area contributed by atoms with Gasteiger partial charge >= 0.3 is 5.97 Å². The van der Waals surface area contributed by atoms with E-state index in [0.717, 1.165) is 16.5 Å². The van der Waals surface area contributed by atoms with Crippen LogP contribution in [0.5, 0.6) is 0 Å². The van der Waals surface area contributed by atoms with Crippen LogP contribution in [0, 0.1) is 0 Å². The average molecular weight is 325 g/mol. The Bertz CT molecular complexity index is 522. The summed E-state index contributed by atoms with van der Waals surface area (Å²) in [5.41, 5.74) is 1.07. The molecule has 1 atom stereocenters. The highest BCUT2D eigenvalue weighted by molar-refractivity contribution is 9.10. The fourth-order valence-electron chi connectivity index (χ4n) is 1.95. The number of halogens is 1. The lowest BCUT2D eigenvalue weighted by molar-refractivity contribution is -0.137. The van der Waals surface area contributed by atoms with Crippen molar-refractivity contribution in [2.75, 3.05) is 0 Å². The van der Waals surface area contributed by atoms with Gasteiger partial charge < -0.3 is 5.11 Å². The van der Waals surface area contributed by atoms with E-state index in [1.165, 1.54) is 4.88 Å². The van der Waals surface area contributed by atoms with E-state index in [9.17, 15) is 4.79 Å². The third-order valence-corrected chi connectivity index (χ3v) is 4.16. The zero-order valence-corrected chi connectivity index (χ0v) is 12.1. The van der Waals surface area contributed by atoms with Gasteiger partial charge in [-0.3, -0.25) is 4.79 Å². The van der Waals surface area contributed by atoms with E-state index in [4.69, 9.17) is 5.11 Å². The van der Waals surface area contributed by atoms with Gasteiger partial charge in [0.15, 0.2) is 0 Å². The summed E-state index contributed by atoms with van der Waals surface area (Å²) >= 11 is 5.10. The Balaban J connectivity index is 2.21. The summed E-state index contributed by atoms with van der Waals surface area (Å²) in [6, 6.07) is 11.9. The van der Waals surface area contributed by atoms with Crippen LogP contribution in [0.3, 0.4) is 0 Å². The van der Waals surface area contributed by atoms with Crippen molar-refractivity contribution in [3.8, 4) is 0 Å². The predicted octanol–water partition coefficient (Wildman–Crippen LogP) is 4.31. The van der Waals surface area contributed by atoms with Crippen molar-refractivity contribution in [2.45, 2.75) is 18.8 Å². The van der Waals surface area contributed by atoms with E-state index in [1.54, 1.807) is 11.3 Å². The molecule has 0 fully saturated rings. The van der Waals surface area contributed by atoms with Gasteiger partial charge in [-0.05, 0) is 41.5 Å². The van der Waals surface area contributed by atoms with Crippen LogP contribution in [0.15, 0.2) is 46.3 Å². The summed E-state index contributed by atoms with van der Waals surface area (Å²) in [5.74, 6) is -0.727. The molecule has 18 heavy (non-hydrogen) atoms. The first-order valence-corrected chi connectivity index (χ1v) is 7.32. The van der Waals surface area contributed by atoms with Gasteiger partial charge in [0.2, 0.25) is 0 Å². The van der Waals surface area contributed by atoms with E-state index < -0.39 is 5.97 Å². The number of benzene rings is 1. The minimum absolute atomic E-state index is 0.0265. The smallest absolute Gasteiger partial charge is 0.303 e. The topological polar surface area (TPSA) is 37.3 Å². The zero-order valence-electron chi connectivity index (χ0n) is 9.67. The molecule has 1 aromatic heterocycles. The SMILES string of the molecule is O=C(O)CC(Cc1cccs1)c1cccc(Br)c1. The van der Waals surface area contributed by atoms with Crippen LogP contribution >= 0.6 is 27.3 Å². The molecule has 2 nitrogen and oxygen atoms in total. The lowest BCUT2D eigenvalue weighted by Gasteiger charge is -2.14. The molecular formula is C14H13BrO2S. The molecule has 0 radical (unpaired) electrons. The molecule has 0 amide bonds. The number of rotatable bonds is 5. The van der Waals surface area contributed by atoms with Gasteiger partial charge in [0.05, 0.1) is 6.42 Å². The molecule has 1 N–H and O–H groups in total. The first kappa shape index (κ1) is 13.3. The second kappa shape index (κ2) is 6.16. The largest absolute Gasteiger partial charge is 0.481 e. The van der Waals surface area contributed by atoms with Crippen LogP contribution in [0.1, 0.15) is 22.8 Å².